The van der Waals surface area contributed by atoms with Crippen LogP contribution >= 0.6 is 12.4 Å². The minimum absolute atomic E-state index is 0. The summed E-state index contributed by atoms with van der Waals surface area (Å²) in [6.07, 6.45) is 9.76. The average Bonchev–Trinajstić information content (AvgIpc) is 3.35. The number of hydrogen-bond acceptors (Lipinski definition) is 6. The second-order valence-electron chi connectivity index (χ2n) is 8.20. The predicted molar refractivity (Wildman–Crippen MR) is 134 cm³/mol. The molecule has 0 amide bonds. The van der Waals surface area contributed by atoms with Crippen molar-refractivity contribution in [3.8, 4) is 11.8 Å². The number of nitriles is 1. The van der Waals surface area contributed by atoms with E-state index in [0.717, 1.165) is 43.2 Å². The zero-order valence-corrected chi connectivity index (χ0v) is 19.6. The van der Waals surface area contributed by atoms with Gasteiger partial charge in [-0.25, -0.2) is 9.67 Å². The number of rotatable bonds is 6. The first-order valence-corrected chi connectivity index (χ1v) is 11.1. The number of anilines is 1. The highest BCUT2D eigenvalue weighted by Gasteiger charge is 2.29. The van der Waals surface area contributed by atoms with Gasteiger partial charge in [0.25, 0.3) is 0 Å². The van der Waals surface area contributed by atoms with Gasteiger partial charge in [-0.1, -0.05) is 42.5 Å². The summed E-state index contributed by atoms with van der Waals surface area (Å²) in [4.78, 5) is 13.6. The van der Waals surface area contributed by atoms with Crippen LogP contribution in [-0.2, 0) is 13.0 Å². The molecule has 1 atom stereocenters. The van der Waals surface area contributed by atoms with Crippen molar-refractivity contribution in [3.05, 3.63) is 102 Å². The van der Waals surface area contributed by atoms with Gasteiger partial charge in [-0.15, -0.1) is 12.4 Å². The van der Waals surface area contributed by atoms with E-state index >= 15 is 0 Å². The van der Waals surface area contributed by atoms with E-state index in [9.17, 15) is 0 Å². The molecule has 0 bridgehead atoms. The van der Waals surface area contributed by atoms with Crippen LogP contribution in [0.25, 0.3) is 5.69 Å². The van der Waals surface area contributed by atoms with Crippen LogP contribution in [-0.4, -0.2) is 44.3 Å². The SMILES string of the molecule is Cl.N#CCc1ccc(C2CN(c3cnccn3)CCN2Cc2cnn(-c3ccccc3)c2)cc1. The van der Waals surface area contributed by atoms with Gasteiger partial charge < -0.3 is 4.90 Å². The Balaban J connectivity index is 0.00000274. The summed E-state index contributed by atoms with van der Waals surface area (Å²) in [5, 5.41) is 13.6. The molecule has 2 aromatic heterocycles. The number of piperazine rings is 1. The Labute approximate surface area is 205 Å². The summed E-state index contributed by atoms with van der Waals surface area (Å²) >= 11 is 0. The van der Waals surface area contributed by atoms with Crippen LogP contribution in [0.4, 0.5) is 5.82 Å². The molecule has 5 rings (SSSR count). The van der Waals surface area contributed by atoms with Gasteiger partial charge in [0, 0.05) is 50.3 Å². The minimum Gasteiger partial charge on any atom is -0.352 e. The number of aromatic nitrogens is 4. The summed E-state index contributed by atoms with van der Waals surface area (Å²) in [5.41, 5.74) is 4.51. The van der Waals surface area contributed by atoms with Crippen LogP contribution in [0.1, 0.15) is 22.7 Å². The molecule has 4 aromatic rings. The van der Waals surface area contributed by atoms with Gasteiger partial charge in [0.1, 0.15) is 5.82 Å². The first-order valence-electron chi connectivity index (χ1n) is 11.1. The van der Waals surface area contributed by atoms with Crippen LogP contribution < -0.4 is 4.90 Å². The fraction of sp³-hybridized carbons (Fsp3) is 0.231. The Hall–Kier alpha value is -3.73. The zero-order valence-electron chi connectivity index (χ0n) is 18.7. The van der Waals surface area contributed by atoms with E-state index in [-0.39, 0.29) is 18.4 Å². The third-order valence-electron chi connectivity index (χ3n) is 6.05. The third-order valence-corrected chi connectivity index (χ3v) is 6.05. The highest BCUT2D eigenvalue weighted by Crippen LogP contribution is 2.29. The molecule has 34 heavy (non-hydrogen) atoms. The van der Waals surface area contributed by atoms with Crippen molar-refractivity contribution in [1.29, 1.82) is 5.26 Å². The van der Waals surface area contributed by atoms with Crippen molar-refractivity contribution in [2.75, 3.05) is 24.5 Å². The fourth-order valence-electron chi connectivity index (χ4n) is 4.34. The molecule has 1 fully saturated rings. The van der Waals surface area contributed by atoms with E-state index < -0.39 is 0 Å². The van der Waals surface area contributed by atoms with Crippen molar-refractivity contribution >= 4 is 18.2 Å². The highest BCUT2D eigenvalue weighted by atomic mass is 35.5. The van der Waals surface area contributed by atoms with E-state index in [1.165, 1.54) is 11.1 Å². The zero-order chi connectivity index (χ0) is 22.5. The molecule has 1 unspecified atom stereocenters. The molecule has 2 aromatic carbocycles. The molecule has 1 aliphatic heterocycles. The minimum atomic E-state index is 0. The number of halogens is 1. The fourth-order valence-corrected chi connectivity index (χ4v) is 4.34. The summed E-state index contributed by atoms with van der Waals surface area (Å²) in [6, 6.07) is 21.0. The monoisotopic (exact) mass is 471 g/mol. The average molecular weight is 472 g/mol. The normalized spacial score (nSPS) is 16.0. The van der Waals surface area contributed by atoms with Crippen molar-refractivity contribution in [2.24, 2.45) is 0 Å². The molecule has 1 saturated heterocycles. The number of nitrogens with zero attached hydrogens (tertiary/aromatic N) is 7. The lowest BCUT2D eigenvalue weighted by Crippen LogP contribution is -2.48. The molecule has 0 saturated carbocycles. The molecule has 0 spiro atoms. The Morgan fingerprint density at radius 2 is 1.76 bits per heavy atom. The molecule has 172 valence electrons. The molecule has 0 N–H and O–H groups in total. The Kier molecular flexibility index (Phi) is 7.53. The predicted octanol–water partition coefficient (Wildman–Crippen LogP) is 4.21. The Bertz CT molecular complexity index is 1220. The molecule has 8 heteroatoms. The lowest BCUT2D eigenvalue weighted by Gasteiger charge is -2.42. The number of para-hydroxylation sites is 1. The van der Waals surface area contributed by atoms with Crippen LogP contribution in [0.3, 0.4) is 0 Å². The summed E-state index contributed by atoms with van der Waals surface area (Å²) < 4.78 is 1.93. The van der Waals surface area contributed by atoms with Gasteiger partial charge in [0.15, 0.2) is 0 Å². The van der Waals surface area contributed by atoms with Gasteiger partial charge in [-0.2, -0.15) is 10.4 Å². The van der Waals surface area contributed by atoms with E-state index in [4.69, 9.17) is 5.26 Å². The molecule has 3 heterocycles. The van der Waals surface area contributed by atoms with Crippen LogP contribution in [0, 0.1) is 11.3 Å². The molecule has 0 radical (unpaired) electrons. The summed E-state index contributed by atoms with van der Waals surface area (Å²) in [6.45, 7) is 3.42. The van der Waals surface area contributed by atoms with E-state index in [1.807, 2.05) is 35.3 Å². The molecular weight excluding hydrogens is 446 g/mol. The van der Waals surface area contributed by atoms with E-state index in [1.54, 1.807) is 12.4 Å². The maximum Gasteiger partial charge on any atom is 0.147 e. The van der Waals surface area contributed by atoms with Crippen LogP contribution in [0.15, 0.2) is 85.6 Å². The first-order chi connectivity index (χ1) is 16.3. The lowest BCUT2D eigenvalue weighted by molar-refractivity contribution is 0.168. The van der Waals surface area contributed by atoms with Crippen LogP contribution in [0.5, 0.6) is 0 Å². The van der Waals surface area contributed by atoms with Gasteiger partial charge in [0.2, 0.25) is 0 Å². The quantitative estimate of drug-likeness (QED) is 0.419. The van der Waals surface area contributed by atoms with Gasteiger partial charge in [0.05, 0.1) is 36.6 Å². The van der Waals surface area contributed by atoms with Gasteiger partial charge in [-0.05, 0) is 23.3 Å². The smallest absolute Gasteiger partial charge is 0.147 e. The maximum absolute atomic E-state index is 9.00. The summed E-state index contributed by atoms with van der Waals surface area (Å²) in [7, 11) is 0. The molecule has 1 aliphatic rings. The van der Waals surface area contributed by atoms with Gasteiger partial charge >= 0.3 is 0 Å². The number of hydrogen-bond donors (Lipinski definition) is 0. The topological polar surface area (TPSA) is 73.9 Å². The number of benzene rings is 2. The highest BCUT2D eigenvalue weighted by molar-refractivity contribution is 5.85. The Morgan fingerprint density at radius 1 is 0.941 bits per heavy atom. The van der Waals surface area contributed by atoms with E-state index in [0.29, 0.717) is 6.42 Å². The van der Waals surface area contributed by atoms with Crippen molar-refractivity contribution < 1.29 is 0 Å². The summed E-state index contributed by atoms with van der Waals surface area (Å²) in [5.74, 6) is 0.903. The maximum atomic E-state index is 9.00. The molecule has 7 nitrogen and oxygen atoms in total. The van der Waals surface area contributed by atoms with E-state index in [2.05, 4.69) is 73.5 Å². The lowest BCUT2D eigenvalue weighted by atomic mass is 9.99. The van der Waals surface area contributed by atoms with Crippen molar-refractivity contribution in [1.82, 2.24) is 24.6 Å². The molecular formula is C26H26ClN7. The third kappa shape index (κ3) is 5.25. The second-order valence-corrected chi connectivity index (χ2v) is 8.20. The molecule has 0 aliphatic carbocycles. The first kappa shape index (κ1) is 23.4. The van der Waals surface area contributed by atoms with Crippen molar-refractivity contribution in [2.45, 2.75) is 19.0 Å². The second kappa shape index (κ2) is 10.9. The Morgan fingerprint density at radius 3 is 2.50 bits per heavy atom. The van der Waals surface area contributed by atoms with Crippen molar-refractivity contribution in [3.63, 3.8) is 0 Å². The standard InChI is InChI=1S/C26H25N7.ClH/c27-11-10-21-6-8-23(9-7-21)25-20-32(26-17-28-12-13-29-26)15-14-31(25)18-22-16-30-33(19-22)24-4-2-1-3-5-24;/h1-9,12-13,16-17,19,25H,10,14-15,18,20H2;1H. The largest absolute Gasteiger partial charge is 0.352 e. The van der Waals surface area contributed by atoms with Crippen LogP contribution in [0.2, 0.25) is 0 Å². The van der Waals surface area contributed by atoms with Gasteiger partial charge in [-0.3, -0.25) is 9.88 Å².